The van der Waals surface area contributed by atoms with E-state index in [0.29, 0.717) is 17.2 Å². The van der Waals surface area contributed by atoms with Crippen LogP contribution in [-0.4, -0.2) is 43.3 Å². The molecule has 0 saturated carbocycles. The van der Waals surface area contributed by atoms with Crippen LogP contribution in [-0.2, 0) is 20.7 Å². The van der Waals surface area contributed by atoms with E-state index in [4.69, 9.17) is 26.2 Å². The van der Waals surface area contributed by atoms with Gasteiger partial charge >= 0.3 is 5.97 Å². The van der Waals surface area contributed by atoms with Crippen molar-refractivity contribution in [2.75, 3.05) is 20.8 Å². The van der Waals surface area contributed by atoms with Crippen molar-refractivity contribution in [3.8, 4) is 5.75 Å². The molecule has 1 aromatic rings. The van der Waals surface area contributed by atoms with Crippen molar-refractivity contribution < 1.29 is 24.2 Å². The minimum atomic E-state index is -0.994. The number of carbonyl (C=O) groups excluding carboxylic acids is 1. The van der Waals surface area contributed by atoms with Gasteiger partial charge < -0.3 is 19.9 Å². The van der Waals surface area contributed by atoms with E-state index in [0.717, 1.165) is 5.56 Å². The monoisotopic (exact) mass is 343 g/mol. The third kappa shape index (κ3) is 6.46. The molecule has 1 unspecified atom stereocenters. The average molecular weight is 344 g/mol. The lowest BCUT2D eigenvalue weighted by atomic mass is 9.98. The van der Waals surface area contributed by atoms with E-state index in [1.165, 1.54) is 14.2 Å². The summed E-state index contributed by atoms with van der Waals surface area (Å²) in [5.41, 5.74) is -0.0347. The molecule has 0 radical (unpaired) electrons. The number of carboxylic acid groups (broad SMARTS) is 1. The summed E-state index contributed by atoms with van der Waals surface area (Å²) in [4.78, 5) is 23.0. The van der Waals surface area contributed by atoms with Crippen LogP contribution in [0.15, 0.2) is 18.2 Å². The molecule has 0 bridgehead atoms. The molecule has 0 aromatic heterocycles. The maximum absolute atomic E-state index is 12.1. The predicted molar refractivity (Wildman–Crippen MR) is 87.0 cm³/mol. The van der Waals surface area contributed by atoms with E-state index in [2.05, 4.69) is 5.32 Å². The lowest BCUT2D eigenvalue weighted by Crippen LogP contribution is -2.50. The minimum absolute atomic E-state index is 0.124. The van der Waals surface area contributed by atoms with Crippen molar-refractivity contribution in [2.45, 2.75) is 31.7 Å². The second-order valence-electron chi connectivity index (χ2n) is 5.58. The number of aryl methyl sites for hydroxylation is 1. The number of benzene rings is 1. The molecule has 0 saturated heterocycles. The van der Waals surface area contributed by atoms with Gasteiger partial charge in [0.05, 0.1) is 30.7 Å². The fourth-order valence-electron chi connectivity index (χ4n) is 2.31. The van der Waals surface area contributed by atoms with Crippen LogP contribution >= 0.6 is 11.6 Å². The summed E-state index contributed by atoms with van der Waals surface area (Å²) in [5.74, 6) is -0.654. The van der Waals surface area contributed by atoms with Crippen LogP contribution in [0.3, 0.4) is 0 Å². The van der Waals surface area contributed by atoms with E-state index in [1.54, 1.807) is 19.1 Å². The van der Waals surface area contributed by atoms with E-state index in [-0.39, 0.29) is 25.4 Å². The summed E-state index contributed by atoms with van der Waals surface area (Å²) in [7, 11) is 3.00. The maximum atomic E-state index is 12.1. The van der Waals surface area contributed by atoms with Gasteiger partial charge in [-0.15, -0.1) is 0 Å². The highest BCUT2D eigenvalue weighted by molar-refractivity contribution is 6.32. The minimum Gasteiger partial charge on any atom is -0.495 e. The third-order valence-corrected chi connectivity index (χ3v) is 3.60. The van der Waals surface area contributed by atoms with Gasteiger partial charge in [0.25, 0.3) is 0 Å². The lowest BCUT2D eigenvalue weighted by molar-refractivity contribution is -0.139. The van der Waals surface area contributed by atoms with Crippen molar-refractivity contribution >= 4 is 23.5 Å². The van der Waals surface area contributed by atoms with Crippen molar-refractivity contribution in [2.24, 2.45) is 0 Å². The number of hydrogen-bond acceptors (Lipinski definition) is 4. The van der Waals surface area contributed by atoms with Gasteiger partial charge in [-0.2, -0.15) is 0 Å². The first-order chi connectivity index (χ1) is 10.8. The molecule has 0 aliphatic rings. The molecule has 1 amide bonds. The van der Waals surface area contributed by atoms with Crippen LogP contribution in [0, 0.1) is 0 Å². The molecule has 0 fully saturated rings. The summed E-state index contributed by atoms with van der Waals surface area (Å²) in [6.45, 7) is 1.77. The summed E-state index contributed by atoms with van der Waals surface area (Å²) >= 11 is 6.04. The van der Waals surface area contributed by atoms with E-state index >= 15 is 0 Å². The predicted octanol–water partition coefficient (Wildman–Crippen LogP) is 2.28. The number of hydrogen-bond donors (Lipinski definition) is 2. The molecule has 1 aromatic carbocycles. The number of rotatable bonds is 9. The average Bonchev–Trinajstić information content (AvgIpc) is 2.44. The van der Waals surface area contributed by atoms with Crippen LogP contribution in [0.4, 0.5) is 0 Å². The van der Waals surface area contributed by atoms with Crippen molar-refractivity contribution in [1.29, 1.82) is 0 Å². The number of methoxy groups -OCH3 is 2. The van der Waals surface area contributed by atoms with Crippen LogP contribution in [0.25, 0.3) is 0 Å². The largest absolute Gasteiger partial charge is 0.495 e. The van der Waals surface area contributed by atoms with Crippen LogP contribution in [0.5, 0.6) is 5.75 Å². The smallest absolute Gasteiger partial charge is 0.305 e. The number of amides is 1. The van der Waals surface area contributed by atoms with Gasteiger partial charge in [-0.1, -0.05) is 17.7 Å². The third-order valence-electron chi connectivity index (χ3n) is 3.30. The molecule has 0 spiro atoms. The number of carbonyl (C=O) groups is 2. The van der Waals surface area contributed by atoms with Gasteiger partial charge in [0.1, 0.15) is 5.75 Å². The van der Waals surface area contributed by atoms with Crippen LogP contribution in [0.1, 0.15) is 25.3 Å². The molecule has 2 N–H and O–H groups in total. The quantitative estimate of drug-likeness (QED) is 0.718. The number of aliphatic carboxylic acids is 1. The number of ether oxygens (including phenoxy) is 2. The summed E-state index contributed by atoms with van der Waals surface area (Å²) < 4.78 is 10.1. The number of halogens is 1. The van der Waals surface area contributed by atoms with Crippen molar-refractivity contribution in [3.63, 3.8) is 0 Å². The highest BCUT2D eigenvalue weighted by Gasteiger charge is 2.29. The first kappa shape index (κ1) is 19.3. The van der Waals surface area contributed by atoms with Crippen LogP contribution < -0.4 is 10.1 Å². The SMILES string of the molecule is COCC(C)(CC(=O)O)NC(=O)CCc1ccc(OC)c(Cl)c1. The normalized spacial score (nSPS) is 13.2. The summed E-state index contributed by atoms with van der Waals surface area (Å²) in [5, 5.41) is 12.2. The molecule has 0 aliphatic heterocycles. The molecule has 6 nitrogen and oxygen atoms in total. The molecule has 7 heteroatoms. The van der Waals surface area contributed by atoms with Crippen LogP contribution in [0.2, 0.25) is 5.02 Å². The Morgan fingerprint density at radius 1 is 1.35 bits per heavy atom. The lowest BCUT2D eigenvalue weighted by Gasteiger charge is -2.28. The van der Waals surface area contributed by atoms with Gasteiger partial charge in [-0.3, -0.25) is 9.59 Å². The highest BCUT2D eigenvalue weighted by atomic mass is 35.5. The van der Waals surface area contributed by atoms with E-state index in [1.807, 2.05) is 6.07 Å². The second-order valence-corrected chi connectivity index (χ2v) is 5.99. The first-order valence-corrected chi connectivity index (χ1v) is 7.51. The summed E-state index contributed by atoms with van der Waals surface area (Å²) in [6, 6.07) is 5.33. The Kier molecular flexibility index (Phi) is 7.32. The first-order valence-electron chi connectivity index (χ1n) is 7.14. The Labute approximate surface area is 140 Å². The van der Waals surface area contributed by atoms with Gasteiger partial charge in [0, 0.05) is 13.5 Å². The Bertz CT molecular complexity index is 563. The molecule has 1 atom stereocenters. The van der Waals surface area contributed by atoms with E-state index in [9.17, 15) is 9.59 Å². The van der Waals surface area contributed by atoms with Gasteiger partial charge in [0.15, 0.2) is 0 Å². The van der Waals surface area contributed by atoms with Gasteiger partial charge in [-0.05, 0) is 31.0 Å². The number of nitrogens with one attached hydrogen (secondary N) is 1. The Morgan fingerprint density at radius 2 is 2.04 bits per heavy atom. The number of carboxylic acids is 1. The molecular weight excluding hydrogens is 322 g/mol. The Morgan fingerprint density at radius 3 is 2.57 bits per heavy atom. The fraction of sp³-hybridized carbons (Fsp3) is 0.500. The highest BCUT2D eigenvalue weighted by Crippen LogP contribution is 2.25. The molecule has 0 heterocycles. The molecule has 23 heavy (non-hydrogen) atoms. The van der Waals surface area contributed by atoms with Crippen molar-refractivity contribution in [1.82, 2.24) is 5.32 Å². The fourth-order valence-corrected chi connectivity index (χ4v) is 2.59. The van der Waals surface area contributed by atoms with Gasteiger partial charge in [0.2, 0.25) is 5.91 Å². The Hall–Kier alpha value is -1.79. The standard InChI is InChI=1S/C16H22ClNO5/c1-16(10-22-2,9-15(20)21)18-14(19)7-5-11-4-6-13(23-3)12(17)8-11/h4,6,8H,5,7,9-10H2,1-3H3,(H,18,19)(H,20,21). The van der Waals surface area contributed by atoms with Gasteiger partial charge in [-0.25, -0.2) is 0 Å². The zero-order valence-electron chi connectivity index (χ0n) is 13.5. The molecule has 0 aliphatic carbocycles. The molecular formula is C16H22ClNO5. The zero-order valence-corrected chi connectivity index (χ0v) is 14.3. The zero-order chi connectivity index (χ0) is 17.5. The second kappa shape index (κ2) is 8.74. The van der Waals surface area contributed by atoms with E-state index < -0.39 is 11.5 Å². The summed E-state index contributed by atoms with van der Waals surface area (Å²) in [6.07, 6.45) is 0.508. The molecule has 1 rings (SSSR count). The van der Waals surface area contributed by atoms with Crippen molar-refractivity contribution in [3.05, 3.63) is 28.8 Å². The maximum Gasteiger partial charge on any atom is 0.305 e. The molecule has 128 valence electrons. The Balaban J connectivity index is 2.61. The topological polar surface area (TPSA) is 84.9 Å².